The zero-order chi connectivity index (χ0) is 13.3. The van der Waals surface area contributed by atoms with E-state index in [4.69, 9.17) is 10.5 Å². The second-order valence-electron chi connectivity index (χ2n) is 4.17. The number of hydrogen-bond acceptors (Lipinski definition) is 4. The van der Waals surface area contributed by atoms with Gasteiger partial charge in [-0.25, -0.2) is 4.98 Å². The molecule has 0 amide bonds. The average Bonchev–Trinajstić information content (AvgIpc) is 2.26. The Labute approximate surface area is 105 Å². The van der Waals surface area contributed by atoms with Crippen LogP contribution in [0.15, 0.2) is 23.0 Å². The Kier molecular flexibility index (Phi) is 3.06. The fourth-order valence-corrected chi connectivity index (χ4v) is 2.02. The molecule has 2 aromatic rings. The van der Waals surface area contributed by atoms with Gasteiger partial charge in [0, 0.05) is 11.6 Å². The maximum absolute atomic E-state index is 11.4. The first-order valence-electron chi connectivity index (χ1n) is 5.53. The summed E-state index contributed by atoms with van der Waals surface area (Å²) in [7, 11) is 1.59. The first-order chi connectivity index (χ1) is 8.51. The summed E-state index contributed by atoms with van der Waals surface area (Å²) in [4.78, 5) is 18.0. The third kappa shape index (κ3) is 2.20. The van der Waals surface area contributed by atoms with E-state index in [9.17, 15) is 4.79 Å². The lowest BCUT2D eigenvalue weighted by atomic mass is 10.0. The highest BCUT2D eigenvalue weighted by atomic mass is 16.5. The number of hydrogen-bond donors (Lipinski definition) is 2. The van der Waals surface area contributed by atoms with Gasteiger partial charge in [0.25, 0.3) is 5.56 Å². The molecule has 1 aromatic carbocycles. The summed E-state index contributed by atoms with van der Waals surface area (Å²) in [6, 6.07) is 5.33. The number of nitrogen functional groups attached to an aromatic ring is 1. The summed E-state index contributed by atoms with van der Waals surface area (Å²) in [5.74, 6) is 0.782. The Hall–Kier alpha value is -2.30. The summed E-state index contributed by atoms with van der Waals surface area (Å²) in [5.41, 5.74) is 8.67. The minimum absolute atomic E-state index is 0.0968. The van der Waals surface area contributed by atoms with Crippen LogP contribution in [0.1, 0.15) is 11.1 Å². The van der Waals surface area contributed by atoms with Gasteiger partial charge in [0.2, 0.25) is 5.95 Å². The van der Waals surface area contributed by atoms with Gasteiger partial charge < -0.3 is 10.5 Å². The van der Waals surface area contributed by atoms with Gasteiger partial charge in [-0.2, -0.15) is 0 Å². The first kappa shape index (κ1) is 12.2. The van der Waals surface area contributed by atoms with Crippen LogP contribution in [0.2, 0.25) is 0 Å². The van der Waals surface area contributed by atoms with E-state index < -0.39 is 0 Å². The van der Waals surface area contributed by atoms with Crippen molar-refractivity contribution < 1.29 is 4.74 Å². The van der Waals surface area contributed by atoms with Gasteiger partial charge in [0.1, 0.15) is 5.75 Å². The molecule has 94 valence electrons. The number of aryl methyl sites for hydroxylation is 2. The van der Waals surface area contributed by atoms with Crippen molar-refractivity contribution in [1.29, 1.82) is 0 Å². The van der Waals surface area contributed by atoms with Crippen LogP contribution >= 0.6 is 0 Å². The normalized spacial score (nSPS) is 10.4. The van der Waals surface area contributed by atoms with Crippen molar-refractivity contribution in [3.63, 3.8) is 0 Å². The SMILES string of the molecule is COc1cc(C)cc(C)c1-c1cc(=O)[nH]c(N)n1. The number of anilines is 1. The fourth-order valence-electron chi connectivity index (χ4n) is 2.02. The van der Waals surface area contributed by atoms with Crippen molar-refractivity contribution in [3.8, 4) is 17.0 Å². The van der Waals surface area contributed by atoms with Gasteiger partial charge in [-0.3, -0.25) is 9.78 Å². The van der Waals surface area contributed by atoms with Crippen LogP contribution in [-0.2, 0) is 0 Å². The molecule has 1 heterocycles. The predicted molar refractivity (Wildman–Crippen MR) is 70.7 cm³/mol. The third-order valence-corrected chi connectivity index (χ3v) is 2.68. The summed E-state index contributed by atoms with van der Waals surface area (Å²) < 4.78 is 5.35. The lowest BCUT2D eigenvalue weighted by Gasteiger charge is -2.12. The largest absolute Gasteiger partial charge is 0.496 e. The molecule has 0 saturated carbocycles. The van der Waals surface area contributed by atoms with Gasteiger partial charge in [-0.05, 0) is 31.0 Å². The van der Waals surface area contributed by atoms with Crippen LogP contribution < -0.4 is 16.0 Å². The number of aromatic nitrogens is 2. The minimum Gasteiger partial charge on any atom is -0.496 e. The van der Waals surface area contributed by atoms with Crippen molar-refractivity contribution in [2.75, 3.05) is 12.8 Å². The fraction of sp³-hybridized carbons (Fsp3) is 0.231. The van der Waals surface area contributed by atoms with Crippen molar-refractivity contribution in [2.45, 2.75) is 13.8 Å². The first-order valence-corrected chi connectivity index (χ1v) is 5.53. The number of nitrogens with one attached hydrogen (secondary N) is 1. The second kappa shape index (κ2) is 4.52. The number of H-pyrrole nitrogens is 1. The molecule has 0 aliphatic heterocycles. The van der Waals surface area contributed by atoms with Crippen LogP contribution in [-0.4, -0.2) is 17.1 Å². The molecule has 0 unspecified atom stereocenters. The highest BCUT2D eigenvalue weighted by Gasteiger charge is 2.12. The molecule has 18 heavy (non-hydrogen) atoms. The number of methoxy groups -OCH3 is 1. The van der Waals surface area contributed by atoms with E-state index in [1.54, 1.807) is 7.11 Å². The molecule has 0 spiro atoms. The molecule has 2 rings (SSSR count). The molecular weight excluding hydrogens is 230 g/mol. The van der Waals surface area contributed by atoms with Gasteiger partial charge in [-0.1, -0.05) is 6.07 Å². The summed E-state index contributed by atoms with van der Waals surface area (Å²) in [6.45, 7) is 3.93. The molecule has 5 nitrogen and oxygen atoms in total. The van der Waals surface area contributed by atoms with E-state index in [1.807, 2.05) is 26.0 Å². The number of nitrogens with zero attached hydrogens (tertiary/aromatic N) is 1. The highest BCUT2D eigenvalue weighted by Crippen LogP contribution is 2.32. The zero-order valence-electron chi connectivity index (χ0n) is 10.6. The molecule has 0 bridgehead atoms. The maximum Gasteiger partial charge on any atom is 0.252 e. The number of ether oxygens (including phenoxy) is 1. The monoisotopic (exact) mass is 245 g/mol. The third-order valence-electron chi connectivity index (χ3n) is 2.68. The van der Waals surface area contributed by atoms with Gasteiger partial charge >= 0.3 is 0 Å². The molecule has 0 saturated heterocycles. The summed E-state index contributed by atoms with van der Waals surface area (Å²) >= 11 is 0. The quantitative estimate of drug-likeness (QED) is 0.842. The minimum atomic E-state index is -0.278. The lowest BCUT2D eigenvalue weighted by Crippen LogP contribution is -2.11. The van der Waals surface area contributed by atoms with E-state index >= 15 is 0 Å². The van der Waals surface area contributed by atoms with E-state index in [0.717, 1.165) is 16.7 Å². The molecule has 0 atom stereocenters. The topological polar surface area (TPSA) is 81.0 Å². The summed E-state index contributed by atoms with van der Waals surface area (Å²) in [5, 5.41) is 0. The van der Waals surface area contributed by atoms with Crippen molar-refractivity contribution in [2.24, 2.45) is 0 Å². The Morgan fingerprint density at radius 1 is 1.28 bits per heavy atom. The number of benzene rings is 1. The zero-order valence-corrected chi connectivity index (χ0v) is 10.6. The van der Waals surface area contributed by atoms with Crippen molar-refractivity contribution >= 4 is 5.95 Å². The summed E-state index contributed by atoms with van der Waals surface area (Å²) in [6.07, 6.45) is 0. The molecule has 5 heteroatoms. The molecule has 0 radical (unpaired) electrons. The van der Waals surface area contributed by atoms with E-state index in [-0.39, 0.29) is 11.5 Å². The van der Waals surface area contributed by atoms with E-state index in [1.165, 1.54) is 6.07 Å². The average molecular weight is 245 g/mol. The van der Waals surface area contributed by atoms with Crippen molar-refractivity contribution in [3.05, 3.63) is 39.7 Å². The Morgan fingerprint density at radius 3 is 2.61 bits per heavy atom. The maximum atomic E-state index is 11.4. The molecule has 3 N–H and O–H groups in total. The van der Waals surface area contributed by atoms with Crippen LogP contribution in [0.5, 0.6) is 5.75 Å². The standard InChI is InChI=1S/C13H15N3O2/c1-7-4-8(2)12(10(5-7)18-3)9-6-11(17)16-13(14)15-9/h4-6H,1-3H3,(H3,14,15,16,17). The van der Waals surface area contributed by atoms with Gasteiger partial charge in [0.15, 0.2) is 0 Å². The van der Waals surface area contributed by atoms with Crippen LogP contribution in [0, 0.1) is 13.8 Å². The van der Waals surface area contributed by atoms with Crippen LogP contribution in [0.4, 0.5) is 5.95 Å². The van der Waals surface area contributed by atoms with E-state index in [0.29, 0.717) is 11.4 Å². The van der Waals surface area contributed by atoms with E-state index in [2.05, 4.69) is 9.97 Å². The molecule has 0 fully saturated rings. The molecule has 1 aromatic heterocycles. The Balaban J connectivity index is 2.73. The van der Waals surface area contributed by atoms with Gasteiger partial charge in [0.05, 0.1) is 12.8 Å². The smallest absolute Gasteiger partial charge is 0.252 e. The molecule has 0 aliphatic carbocycles. The van der Waals surface area contributed by atoms with Gasteiger partial charge in [-0.15, -0.1) is 0 Å². The van der Waals surface area contributed by atoms with Crippen LogP contribution in [0.25, 0.3) is 11.3 Å². The van der Waals surface area contributed by atoms with Crippen molar-refractivity contribution in [1.82, 2.24) is 9.97 Å². The Bertz CT molecular complexity index is 647. The lowest BCUT2D eigenvalue weighted by molar-refractivity contribution is 0.415. The number of nitrogens with two attached hydrogens (primary N) is 1. The van der Waals surface area contributed by atoms with Crippen LogP contribution in [0.3, 0.4) is 0 Å². The molecular formula is C13H15N3O2. The predicted octanol–water partition coefficient (Wildman–Crippen LogP) is 1.64. The number of aromatic amines is 1. The number of rotatable bonds is 2. The highest BCUT2D eigenvalue weighted by molar-refractivity contribution is 5.72. The molecule has 0 aliphatic rings. The Morgan fingerprint density at radius 2 is 2.00 bits per heavy atom. The second-order valence-corrected chi connectivity index (χ2v) is 4.17.